The molecule has 0 fully saturated rings. The van der Waals surface area contributed by atoms with Gasteiger partial charge in [-0.25, -0.2) is 4.79 Å². The molecule has 0 saturated heterocycles. The van der Waals surface area contributed by atoms with Crippen molar-refractivity contribution in [3.05, 3.63) is 28.8 Å². The summed E-state index contributed by atoms with van der Waals surface area (Å²) in [5.74, 6) is -1.80. The zero-order valence-corrected chi connectivity index (χ0v) is 7.19. The van der Waals surface area contributed by atoms with Crippen LogP contribution in [0.3, 0.4) is 0 Å². The summed E-state index contributed by atoms with van der Waals surface area (Å²) in [5, 5.41) is 26.6. The number of aromatic carboxylic acids is 1. The second-order valence-electron chi connectivity index (χ2n) is 2.66. The van der Waals surface area contributed by atoms with E-state index in [9.17, 15) is 9.90 Å². The average Bonchev–Trinajstić information content (AvgIpc) is 2.17. The molecule has 0 spiro atoms. The Hall–Kier alpha value is -2.06. The number of benzene rings is 1. The summed E-state index contributed by atoms with van der Waals surface area (Å²) in [4.78, 5) is 10.6. The minimum atomic E-state index is -1.28. The SMILES string of the molecule is N#Cc1cc(CN)cc(C(=O)O)c1O. The van der Waals surface area contributed by atoms with Crippen molar-refractivity contribution < 1.29 is 15.0 Å². The minimum Gasteiger partial charge on any atom is -0.506 e. The molecule has 0 bridgehead atoms. The van der Waals surface area contributed by atoms with E-state index < -0.39 is 11.7 Å². The Kier molecular flexibility index (Phi) is 2.70. The molecule has 1 aromatic carbocycles. The van der Waals surface area contributed by atoms with Gasteiger partial charge >= 0.3 is 5.97 Å². The predicted molar refractivity (Wildman–Crippen MR) is 47.7 cm³/mol. The van der Waals surface area contributed by atoms with E-state index in [1.54, 1.807) is 6.07 Å². The number of nitrogens with two attached hydrogens (primary N) is 1. The summed E-state index contributed by atoms with van der Waals surface area (Å²) in [5.41, 5.74) is 5.43. The maximum absolute atomic E-state index is 10.6. The number of nitriles is 1. The summed E-state index contributed by atoms with van der Waals surface area (Å²) >= 11 is 0. The number of phenols is 1. The van der Waals surface area contributed by atoms with Gasteiger partial charge in [0.2, 0.25) is 0 Å². The first-order valence-corrected chi connectivity index (χ1v) is 3.79. The summed E-state index contributed by atoms with van der Waals surface area (Å²) < 4.78 is 0. The maximum atomic E-state index is 10.6. The summed E-state index contributed by atoms with van der Waals surface area (Å²) in [6, 6.07) is 4.31. The summed E-state index contributed by atoms with van der Waals surface area (Å²) in [7, 11) is 0. The standard InChI is InChI=1S/C9H8N2O3/c10-3-5-1-6(4-11)8(12)7(2-5)9(13)14/h1-2,12H,3,10H2,(H,13,14). The first kappa shape index (κ1) is 10.0. The van der Waals surface area contributed by atoms with E-state index in [0.29, 0.717) is 5.56 Å². The lowest BCUT2D eigenvalue weighted by molar-refractivity contribution is 0.0693. The molecule has 14 heavy (non-hydrogen) atoms. The van der Waals surface area contributed by atoms with Gasteiger partial charge in [0.15, 0.2) is 0 Å². The fourth-order valence-corrected chi connectivity index (χ4v) is 1.06. The molecule has 0 radical (unpaired) electrons. The highest BCUT2D eigenvalue weighted by Crippen LogP contribution is 2.23. The second-order valence-corrected chi connectivity index (χ2v) is 2.66. The normalized spacial score (nSPS) is 9.43. The fourth-order valence-electron chi connectivity index (χ4n) is 1.06. The van der Waals surface area contributed by atoms with Crippen molar-refractivity contribution in [2.24, 2.45) is 5.73 Å². The maximum Gasteiger partial charge on any atom is 0.339 e. The van der Waals surface area contributed by atoms with Crippen LogP contribution >= 0.6 is 0 Å². The number of aromatic hydroxyl groups is 1. The number of hydrogen-bond acceptors (Lipinski definition) is 4. The van der Waals surface area contributed by atoms with Gasteiger partial charge in [-0.15, -0.1) is 0 Å². The molecule has 0 amide bonds. The van der Waals surface area contributed by atoms with Crippen LogP contribution in [0.15, 0.2) is 12.1 Å². The lowest BCUT2D eigenvalue weighted by Crippen LogP contribution is -2.03. The third-order valence-corrected chi connectivity index (χ3v) is 1.76. The zero-order chi connectivity index (χ0) is 10.7. The Balaban J connectivity index is 3.44. The number of rotatable bonds is 2. The minimum absolute atomic E-state index is 0.0784. The quantitative estimate of drug-likeness (QED) is 0.629. The van der Waals surface area contributed by atoms with E-state index in [0.717, 1.165) is 0 Å². The molecular weight excluding hydrogens is 184 g/mol. The summed E-state index contributed by atoms with van der Waals surface area (Å²) in [6.45, 7) is 0.120. The molecule has 4 N–H and O–H groups in total. The fraction of sp³-hybridized carbons (Fsp3) is 0.111. The van der Waals surface area contributed by atoms with Gasteiger partial charge in [-0.2, -0.15) is 5.26 Å². The van der Waals surface area contributed by atoms with Gasteiger partial charge in [-0.3, -0.25) is 0 Å². The first-order valence-electron chi connectivity index (χ1n) is 3.79. The van der Waals surface area contributed by atoms with E-state index >= 15 is 0 Å². The molecule has 5 nitrogen and oxygen atoms in total. The van der Waals surface area contributed by atoms with Crippen molar-refractivity contribution in [1.82, 2.24) is 0 Å². The van der Waals surface area contributed by atoms with Gasteiger partial charge in [0, 0.05) is 6.54 Å². The Morgan fingerprint density at radius 2 is 2.21 bits per heavy atom. The highest BCUT2D eigenvalue weighted by Gasteiger charge is 2.14. The number of carboxylic acids is 1. The van der Waals surface area contributed by atoms with Crippen LogP contribution in [0.5, 0.6) is 5.75 Å². The molecule has 0 aliphatic rings. The molecule has 0 aliphatic heterocycles. The van der Waals surface area contributed by atoms with Gasteiger partial charge < -0.3 is 15.9 Å². The predicted octanol–water partition coefficient (Wildman–Crippen LogP) is 0.421. The van der Waals surface area contributed by atoms with Crippen LogP contribution in [0.25, 0.3) is 0 Å². The number of hydrogen-bond donors (Lipinski definition) is 3. The molecule has 0 aliphatic carbocycles. The molecule has 1 aromatic rings. The van der Waals surface area contributed by atoms with Crippen LogP contribution < -0.4 is 5.73 Å². The number of carboxylic acid groups (broad SMARTS) is 1. The number of carbonyl (C=O) groups is 1. The van der Waals surface area contributed by atoms with Crippen LogP contribution in [0.4, 0.5) is 0 Å². The van der Waals surface area contributed by atoms with E-state index in [2.05, 4.69) is 0 Å². The molecular formula is C9H8N2O3. The van der Waals surface area contributed by atoms with E-state index in [1.807, 2.05) is 0 Å². The average molecular weight is 192 g/mol. The Labute approximate surface area is 80.0 Å². The molecule has 0 heterocycles. The molecule has 0 saturated carbocycles. The van der Waals surface area contributed by atoms with Crippen LogP contribution in [0.2, 0.25) is 0 Å². The largest absolute Gasteiger partial charge is 0.506 e. The lowest BCUT2D eigenvalue weighted by Gasteiger charge is -2.04. The van der Waals surface area contributed by atoms with Gasteiger partial charge in [0.05, 0.1) is 5.56 Å². The Morgan fingerprint density at radius 1 is 1.57 bits per heavy atom. The monoisotopic (exact) mass is 192 g/mol. The molecule has 0 aromatic heterocycles. The van der Waals surface area contributed by atoms with Gasteiger partial charge in [-0.1, -0.05) is 0 Å². The van der Waals surface area contributed by atoms with Crippen molar-refractivity contribution in [2.75, 3.05) is 0 Å². The molecule has 5 heteroatoms. The topological polar surface area (TPSA) is 107 Å². The van der Waals surface area contributed by atoms with Gasteiger partial charge in [0.25, 0.3) is 0 Å². The molecule has 72 valence electrons. The smallest absolute Gasteiger partial charge is 0.339 e. The van der Waals surface area contributed by atoms with Crippen molar-refractivity contribution >= 4 is 5.97 Å². The molecule has 1 rings (SSSR count). The third kappa shape index (κ3) is 1.65. The zero-order valence-electron chi connectivity index (χ0n) is 7.19. The van der Waals surface area contributed by atoms with Gasteiger partial charge in [-0.05, 0) is 17.7 Å². The van der Waals surface area contributed by atoms with E-state index in [4.69, 9.17) is 16.1 Å². The van der Waals surface area contributed by atoms with Crippen molar-refractivity contribution in [3.63, 3.8) is 0 Å². The van der Waals surface area contributed by atoms with Crippen molar-refractivity contribution in [3.8, 4) is 11.8 Å². The first-order chi connectivity index (χ1) is 6.60. The molecule has 0 atom stereocenters. The van der Waals surface area contributed by atoms with Crippen LogP contribution in [-0.4, -0.2) is 16.2 Å². The van der Waals surface area contributed by atoms with Crippen molar-refractivity contribution in [2.45, 2.75) is 6.54 Å². The van der Waals surface area contributed by atoms with Crippen LogP contribution in [-0.2, 0) is 6.54 Å². The van der Waals surface area contributed by atoms with Crippen LogP contribution in [0, 0.1) is 11.3 Å². The van der Waals surface area contributed by atoms with Crippen molar-refractivity contribution in [1.29, 1.82) is 5.26 Å². The third-order valence-electron chi connectivity index (χ3n) is 1.76. The summed E-state index contributed by atoms with van der Waals surface area (Å²) in [6.07, 6.45) is 0. The van der Waals surface area contributed by atoms with Gasteiger partial charge in [0.1, 0.15) is 17.4 Å². The highest BCUT2D eigenvalue weighted by molar-refractivity contribution is 5.92. The van der Waals surface area contributed by atoms with E-state index in [-0.39, 0.29) is 17.7 Å². The van der Waals surface area contributed by atoms with Crippen LogP contribution in [0.1, 0.15) is 21.5 Å². The second kappa shape index (κ2) is 3.77. The Morgan fingerprint density at radius 3 is 2.64 bits per heavy atom. The highest BCUT2D eigenvalue weighted by atomic mass is 16.4. The Bertz CT molecular complexity index is 421. The van der Waals surface area contributed by atoms with E-state index in [1.165, 1.54) is 12.1 Å². The molecule has 0 unspecified atom stereocenters. The number of nitrogens with zero attached hydrogens (tertiary/aromatic N) is 1. The lowest BCUT2D eigenvalue weighted by atomic mass is 10.0.